The highest BCUT2D eigenvalue weighted by Gasteiger charge is 2.47. The summed E-state index contributed by atoms with van der Waals surface area (Å²) in [6.07, 6.45) is 2.26. The molecular formula is C21H28BrN5O3. The van der Waals surface area contributed by atoms with Gasteiger partial charge in [-0.05, 0) is 62.9 Å². The monoisotopic (exact) mass is 477 g/mol. The van der Waals surface area contributed by atoms with E-state index in [9.17, 15) is 9.59 Å². The fourth-order valence-corrected chi connectivity index (χ4v) is 4.59. The molecule has 1 saturated heterocycles. The number of hydrogen-bond acceptors (Lipinski definition) is 6. The Kier molecular flexibility index (Phi) is 5.28. The molecule has 30 heavy (non-hydrogen) atoms. The predicted octanol–water partition coefficient (Wildman–Crippen LogP) is 3.54. The molecule has 0 spiro atoms. The zero-order valence-electron chi connectivity index (χ0n) is 18.1. The summed E-state index contributed by atoms with van der Waals surface area (Å²) in [5, 5.41) is 0. The van der Waals surface area contributed by atoms with Gasteiger partial charge in [-0.2, -0.15) is 0 Å². The minimum atomic E-state index is -0.525. The van der Waals surface area contributed by atoms with Gasteiger partial charge in [0.2, 0.25) is 5.43 Å². The molecule has 1 aliphatic heterocycles. The number of aryl methyl sites for hydroxylation is 2. The van der Waals surface area contributed by atoms with Crippen molar-refractivity contribution in [3.63, 3.8) is 0 Å². The molecule has 0 unspecified atom stereocenters. The van der Waals surface area contributed by atoms with Crippen LogP contribution in [0.5, 0.6) is 0 Å². The maximum absolute atomic E-state index is 13.5. The van der Waals surface area contributed by atoms with E-state index in [1.165, 1.54) is 0 Å². The Balaban J connectivity index is 1.70. The van der Waals surface area contributed by atoms with E-state index in [-0.39, 0.29) is 23.6 Å². The third kappa shape index (κ3) is 3.57. The van der Waals surface area contributed by atoms with Gasteiger partial charge in [0.1, 0.15) is 15.9 Å². The second kappa shape index (κ2) is 7.51. The summed E-state index contributed by atoms with van der Waals surface area (Å²) >= 11 is 3.39. The van der Waals surface area contributed by atoms with Crippen LogP contribution in [0, 0.1) is 6.92 Å². The summed E-state index contributed by atoms with van der Waals surface area (Å²) in [6.45, 7) is 10.6. The quantitative estimate of drug-likeness (QED) is 0.710. The zero-order valence-corrected chi connectivity index (χ0v) is 19.7. The summed E-state index contributed by atoms with van der Waals surface area (Å²) < 4.78 is 6.17. The number of H-pyrrole nitrogens is 1. The van der Waals surface area contributed by atoms with E-state index in [2.05, 4.69) is 35.8 Å². The van der Waals surface area contributed by atoms with Crippen molar-refractivity contribution in [1.82, 2.24) is 19.9 Å². The number of anilines is 1. The van der Waals surface area contributed by atoms with Crippen LogP contribution >= 0.6 is 15.9 Å². The second-order valence-corrected chi connectivity index (χ2v) is 9.76. The average molecular weight is 478 g/mol. The van der Waals surface area contributed by atoms with Crippen LogP contribution in [0.1, 0.15) is 51.9 Å². The van der Waals surface area contributed by atoms with E-state index < -0.39 is 5.60 Å². The van der Waals surface area contributed by atoms with Gasteiger partial charge in [0.25, 0.3) is 0 Å². The van der Waals surface area contributed by atoms with Gasteiger partial charge in [0.05, 0.1) is 11.7 Å². The molecule has 8 nitrogen and oxygen atoms in total. The van der Waals surface area contributed by atoms with Crippen LogP contribution in [0.3, 0.4) is 0 Å². The molecule has 2 atom stereocenters. The van der Waals surface area contributed by atoms with Gasteiger partial charge in [-0.3, -0.25) is 4.79 Å². The zero-order chi connectivity index (χ0) is 21.8. The maximum atomic E-state index is 13.5. The number of nitrogens with zero attached hydrogens (tertiary/aromatic N) is 4. The largest absolute Gasteiger partial charge is 0.444 e. The average Bonchev–Trinajstić information content (AvgIpc) is 2.62. The Morgan fingerprint density at radius 2 is 1.93 bits per heavy atom. The molecule has 0 bridgehead atoms. The Hall–Kier alpha value is -2.16. The normalized spacial score (nSPS) is 21.4. The maximum Gasteiger partial charge on any atom is 0.410 e. The highest BCUT2D eigenvalue weighted by atomic mass is 79.9. The van der Waals surface area contributed by atoms with E-state index in [1.54, 1.807) is 0 Å². The number of hydrogen-bond donors (Lipinski definition) is 1. The lowest BCUT2D eigenvalue weighted by Crippen LogP contribution is -2.67. The van der Waals surface area contributed by atoms with Crippen LogP contribution in [0.25, 0.3) is 11.2 Å². The second-order valence-electron chi connectivity index (χ2n) is 9.01. The number of ether oxygens (including phenoxy) is 1. The Morgan fingerprint density at radius 3 is 2.53 bits per heavy atom. The van der Waals surface area contributed by atoms with Crippen LogP contribution in [0.2, 0.25) is 0 Å². The topological polar surface area (TPSA) is 91.4 Å². The first-order valence-electron chi connectivity index (χ1n) is 10.5. The molecule has 2 aromatic rings. The van der Waals surface area contributed by atoms with Gasteiger partial charge in [-0.1, -0.05) is 6.92 Å². The van der Waals surface area contributed by atoms with E-state index >= 15 is 0 Å². The number of aromatic amines is 1. The summed E-state index contributed by atoms with van der Waals surface area (Å²) in [5.74, 6) is 0. The number of halogens is 1. The molecule has 1 saturated carbocycles. The lowest BCUT2D eigenvalue weighted by molar-refractivity contribution is -0.00449. The van der Waals surface area contributed by atoms with Gasteiger partial charge in [-0.25, -0.2) is 14.8 Å². The third-order valence-electron chi connectivity index (χ3n) is 5.85. The minimum absolute atomic E-state index is 0.0595. The molecule has 4 rings (SSSR count). The van der Waals surface area contributed by atoms with Crippen molar-refractivity contribution < 1.29 is 9.53 Å². The number of nitrogens with one attached hydrogen (secondary N) is 1. The standard InChI is InChI=1S/C21H28BrN5O3/c1-6-12-16(17(28)15-19(24-12)23-11(2)18(22)25-15)26-9-10-27(14-8-7-13(14)26)20(29)30-21(3,4)5/h13-14H,6-10H2,1-5H3,(H,23,24,28)/t13-,14-/m0/s1. The molecule has 1 amide bonds. The van der Waals surface area contributed by atoms with Crippen LogP contribution in [-0.2, 0) is 11.2 Å². The van der Waals surface area contributed by atoms with Gasteiger partial charge >= 0.3 is 6.09 Å². The number of piperazine rings is 1. The number of rotatable bonds is 2. The van der Waals surface area contributed by atoms with Crippen LogP contribution in [-0.4, -0.2) is 56.7 Å². The molecular weight excluding hydrogens is 450 g/mol. The molecule has 2 fully saturated rings. The van der Waals surface area contributed by atoms with Crippen LogP contribution in [0.15, 0.2) is 9.40 Å². The number of fused-ring (bicyclic) bond motifs is 2. The lowest BCUT2D eigenvalue weighted by Gasteiger charge is -2.54. The molecule has 2 aromatic heterocycles. The van der Waals surface area contributed by atoms with Crippen LogP contribution in [0.4, 0.5) is 10.5 Å². The number of carbonyl (C=O) groups excluding carboxylic acids is 1. The minimum Gasteiger partial charge on any atom is -0.444 e. The fourth-order valence-electron chi connectivity index (χ4n) is 4.32. The summed E-state index contributed by atoms with van der Waals surface area (Å²) in [6, 6.07) is 0.168. The molecule has 9 heteroatoms. The molecule has 2 aliphatic rings. The van der Waals surface area contributed by atoms with E-state index in [1.807, 2.05) is 39.5 Å². The highest BCUT2D eigenvalue weighted by molar-refractivity contribution is 9.10. The molecule has 1 N–H and O–H groups in total. The number of aromatic nitrogens is 3. The summed E-state index contributed by atoms with van der Waals surface area (Å²) in [4.78, 5) is 42.4. The molecule has 162 valence electrons. The summed E-state index contributed by atoms with van der Waals surface area (Å²) in [7, 11) is 0. The first kappa shape index (κ1) is 21.1. The van der Waals surface area contributed by atoms with Gasteiger partial charge in [0, 0.05) is 24.8 Å². The van der Waals surface area contributed by atoms with Crippen molar-refractivity contribution >= 4 is 38.9 Å². The number of carbonyl (C=O) groups is 1. The molecule has 3 heterocycles. The van der Waals surface area contributed by atoms with E-state index in [0.717, 1.165) is 24.2 Å². The molecule has 0 aromatic carbocycles. The van der Waals surface area contributed by atoms with E-state index in [4.69, 9.17) is 4.74 Å². The van der Waals surface area contributed by atoms with Gasteiger partial charge < -0.3 is 19.5 Å². The summed E-state index contributed by atoms with van der Waals surface area (Å²) in [5.41, 5.74) is 2.48. The predicted molar refractivity (Wildman–Crippen MR) is 119 cm³/mol. The molecule has 1 aliphatic carbocycles. The first-order valence-corrected chi connectivity index (χ1v) is 11.2. The highest BCUT2D eigenvalue weighted by Crippen LogP contribution is 2.37. The number of amides is 1. The fraction of sp³-hybridized carbons (Fsp3) is 0.619. The van der Waals surface area contributed by atoms with Crippen molar-refractivity contribution in [2.45, 2.75) is 71.6 Å². The third-order valence-corrected chi connectivity index (χ3v) is 6.60. The smallest absolute Gasteiger partial charge is 0.410 e. The van der Waals surface area contributed by atoms with Gasteiger partial charge in [0.15, 0.2) is 11.2 Å². The first-order chi connectivity index (χ1) is 14.1. The van der Waals surface area contributed by atoms with Crippen molar-refractivity contribution in [3.05, 3.63) is 26.2 Å². The number of pyridine rings is 1. The SMILES string of the molecule is CCc1[nH]c2nc(C)c(Br)nc2c(=O)c1N1CCN(C(=O)OC(C)(C)C)[C@H]2CC[C@@H]21. The Labute approximate surface area is 184 Å². The van der Waals surface area contributed by atoms with Crippen molar-refractivity contribution in [1.29, 1.82) is 0 Å². The van der Waals surface area contributed by atoms with Crippen molar-refractivity contribution in [2.24, 2.45) is 0 Å². The van der Waals surface area contributed by atoms with E-state index in [0.29, 0.717) is 41.0 Å². The van der Waals surface area contributed by atoms with Gasteiger partial charge in [-0.15, -0.1) is 0 Å². The Bertz CT molecular complexity index is 1060. The lowest BCUT2D eigenvalue weighted by atomic mass is 9.81. The van der Waals surface area contributed by atoms with Crippen molar-refractivity contribution in [3.8, 4) is 0 Å². The van der Waals surface area contributed by atoms with Crippen LogP contribution < -0.4 is 10.3 Å². The van der Waals surface area contributed by atoms with Crippen molar-refractivity contribution in [2.75, 3.05) is 18.0 Å². The molecule has 0 radical (unpaired) electrons. The Morgan fingerprint density at radius 1 is 1.23 bits per heavy atom.